The summed E-state index contributed by atoms with van der Waals surface area (Å²) < 4.78 is 22.4. The molecule has 1 aromatic heterocycles. The number of esters is 1. The highest BCUT2D eigenvalue weighted by atomic mass is 32.1. The Labute approximate surface area is 233 Å². The smallest absolute Gasteiger partial charge is 0.407 e. The van der Waals surface area contributed by atoms with Crippen LogP contribution in [0.15, 0.2) is 6.07 Å². The van der Waals surface area contributed by atoms with Gasteiger partial charge in [0.2, 0.25) is 5.91 Å². The zero-order valence-corrected chi connectivity index (χ0v) is 23.9. The third-order valence-corrected chi connectivity index (χ3v) is 8.78. The third kappa shape index (κ3) is 6.42. The molecule has 1 saturated carbocycles. The number of carbonyl (C=O) groups excluding carboxylic acids is 3. The minimum absolute atomic E-state index is 0.0354. The number of alkyl carbamates (subject to hydrolysis) is 1. The van der Waals surface area contributed by atoms with E-state index in [1.165, 1.54) is 11.3 Å². The normalized spacial score (nSPS) is 30.1. The first-order chi connectivity index (χ1) is 18.6. The Morgan fingerprint density at radius 3 is 2.69 bits per heavy atom. The Kier molecular flexibility index (Phi) is 8.22. The van der Waals surface area contributed by atoms with Crippen LogP contribution >= 0.6 is 11.3 Å². The fraction of sp³-hybridized carbons (Fsp3) is 0.690. The molecule has 0 bridgehead atoms. The number of anilines is 1. The van der Waals surface area contributed by atoms with E-state index < -0.39 is 18.3 Å². The molecule has 0 unspecified atom stereocenters. The average molecular weight is 559 g/mol. The van der Waals surface area contributed by atoms with Crippen molar-refractivity contribution in [1.82, 2.24) is 5.32 Å². The Morgan fingerprint density at radius 2 is 1.95 bits per heavy atom. The van der Waals surface area contributed by atoms with E-state index in [4.69, 9.17) is 18.9 Å². The monoisotopic (exact) mass is 558 g/mol. The summed E-state index contributed by atoms with van der Waals surface area (Å²) in [4.78, 5) is 42.1. The molecule has 3 fully saturated rings. The van der Waals surface area contributed by atoms with Gasteiger partial charge in [-0.3, -0.25) is 9.69 Å². The highest BCUT2D eigenvalue weighted by Crippen LogP contribution is 2.40. The SMILES string of the molecule is CC1CCC(C(=O)N2c3cc(C#CC(C)(C)C)sc3C(=O)O[C@H]2CCNC(=O)O[C@H]2CO[C@H]3OCC[C@H]32)CC1. The molecule has 5 rings (SSSR count). The number of amides is 2. The number of carbonyl (C=O) groups is 3. The van der Waals surface area contributed by atoms with Gasteiger partial charge in [-0.25, -0.2) is 9.59 Å². The molecule has 4 atom stereocenters. The number of thiophene rings is 1. The van der Waals surface area contributed by atoms with Crippen LogP contribution in [0, 0.1) is 35.0 Å². The van der Waals surface area contributed by atoms with Crippen molar-refractivity contribution in [2.24, 2.45) is 23.2 Å². The topological polar surface area (TPSA) is 103 Å². The number of fused-ring (bicyclic) bond motifs is 2. The number of ether oxygens (including phenoxy) is 4. The lowest BCUT2D eigenvalue weighted by atomic mass is 9.82. The maximum absolute atomic E-state index is 13.9. The molecule has 212 valence electrons. The fourth-order valence-electron chi connectivity index (χ4n) is 5.58. The Hall–Kier alpha value is -2.61. The highest BCUT2D eigenvalue weighted by Gasteiger charge is 2.44. The molecule has 1 N–H and O–H groups in total. The molecule has 0 radical (unpaired) electrons. The zero-order chi connectivity index (χ0) is 27.7. The van der Waals surface area contributed by atoms with Crippen molar-refractivity contribution in [3.63, 3.8) is 0 Å². The molecular weight excluding hydrogens is 520 g/mol. The maximum Gasteiger partial charge on any atom is 0.407 e. The average Bonchev–Trinajstić information content (AvgIpc) is 3.60. The molecule has 0 aromatic carbocycles. The van der Waals surface area contributed by atoms with Crippen LogP contribution < -0.4 is 10.2 Å². The van der Waals surface area contributed by atoms with Crippen molar-refractivity contribution in [3.05, 3.63) is 15.8 Å². The second-order valence-corrected chi connectivity index (χ2v) is 13.1. The van der Waals surface area contributed by atoms with Crippen molar-refractivity contribution in [2.45, 2.75) is 84.8 Å². The molecule has 0 spiro atoms. The van der Waals surface area contributed by atoms with Crippen LogP contribution in [0.5, 0.6) is 0 Å². The van der Waals surface area contributed by atoms with E-state index in [0.29, 0.717) is 29.7 Å². The fourth-order valence-corrected chi connectivity index (χ4v) is 6.46. The molecule has 1 aromatic rings. The van der Waals surface area contributed by atoms with Gasteiger partial charge in [-0.1, -0.05) is 18.8 Å². The first-order valence-electron chi connectivity index (χ1n) is 14.0. The van der Waals surface area contributed by atoms with E-state index in [1.807, 2.05) is 26.8 Å². The molecule has 10 heteroatoms. The lowest BCUT2D eigenvalue weighted by molar-refractivity contribution is -0.126. The van der Waals surface area contributed by atoms with Gasteiger partial charge in [-0.2, -0.15) is 0 Å². The second kappa shape index (κ2) is 11.5. The number of hydrogen-bond donors (Lipinski definition) is 1. The van der Waals surface area contributed by atoms with Crippen molar-refractivity contribution in [2.75, 3.05) is 24.7 Å². The highest BCUT2D eigenvalue weighted by molar-refractivity contribution is 7.15. The number of hydrogen-bond acceptors (Lipinski definition) is 8. The Balaban J connectivity index is 1.29. The van der Waals surface area contributed by atoms with E-state index in [2.05, 4.69) is 24.1 Å². The van der Waals surface area contributed by atoms with E-state index in [1.54, 1.807) is 4.90 Å². The van der Waals surface area contributed by atoms with E-state index in [0.717, 1.165) is 37.0 Å². The van der Waals surface area contributed by atoms with Crippen LogP contribution in [0.4, 0.5) is 10.5 Å². The summed E-state index contributed by atoms with van der Waals surface area (Å²) in [7, 11) is 0. The molecule has 3 aliphatic heterocycles. The summed E-state index contributed by atoms with van der Waals surface area (Å²) in [6.07, 6.45) is 2.62. The molecule has 4 aliphatic rings. The van der Waals surface area contributed by atoms with E-state index in [9.17, 15) is 14.4 Å². The van der Waals surface area contributed by atoms with Crippen molar-refractivity contribution in [3.8, 4) is 11.8 Å². The van der Waals surface area contributed by atoms with Crippen LogP contribution in [0.3, 0.4) is 0 Å². The summed E-state index contributed by atoms with van der Waals surface area (Å²) in [5, 5.41) is 2.76. The largest absolute Gasteiger partial charge is 0.443 e. The minimum atomic E-state index is -0.822. The van der Waals surface area contributed by atoms with Gasteiger partial charge in [0.1, 0.15) is 11.0 Å². The van der Waals surface area contributed by atoms with Gasteiger partial charge in [0, 0.05) is 24.3 Å². The van der Waals surface area contributed by atoms with Gasteiger partial charge < -0.3 is 24.3 Å². The number of cyclic esters (lactones) is 1. The number of nitrogens with one attached hydrogen (secondary N) is 1. The lowest BCUT2D eigenvalue weighted by Gasteiger charge is -2.38. The Morgan fingerprint density at radius 1 is 1.18 bits per heavy atom. The van der Waals surface area contributed by atoms with Crippen LogP contribution in [0.2, 0.25) is 0 Å². The Bertz CT molecular complexity index is 1150. The van der Waals surface area contributed by atoms with Crippen LogP contribution in [-0.2, 0) is 23.7 Å². The third-order valence-electron chi connectivity index (χ3n) is 7.76. The van der Waals surface area contributed by atoms with Crippen molar-refractivity contribution >= 4 is 35.0 Å². The van der Waals surface area contributed by atoms with E-state index in [-0.39, 0.29) is 48.5 Å². The predicted molar refractivity (Wildman–Crippen MR) is 145 cm³/mol. The van der Waals surface area contributed by atoms with Gasteiger partial charge in [-0.15, -0.1) is 11.3 Å². The summed E-state index contributed by atoms with van der Waals surface area (Å²) in [5.41, 5.74) is 0.361. The van der Waals surface area contributed by atoms with Gasteiger partial charge in [0.05, 0.1) is 29.7 Å². The molecule has 2 amide bonds. The first-order valence-corrected chi connectivity index (χ1v) is 14.8. The summed E-state index contributed by atoms with van der Waals surface area (Å²) in [5.74, 6) is 6.39. The quantitative estimate of drug-likeness (QED) is 0.414. The lowest BCUT2D eigenvalue weighted by Crippen LogP contribution is -2.50. The molecule has 9 nitrogen and oxygen atoms in total. The van der Waals surface area contributed by atoms with Gasteiger partial charge in [-0.05, 0) is 64.9 Å². The van der Waals surface area contributed by atoms with Crippen molar-refractivity contribution < 1.29 is 33.3 Å². The van der Waals surface area contributed by atoms with E-state index >= 15 is 0 Å². The van der Waals surface area contributed by atoms with Gasteiger partial charge in [0.15, 0.2) is 12.5 Å². The van der Waals surface area contributed by atoms with Crippen LogP contribution in [-0.4, -0.2) is 56.4 Å². The number of rotatable bonds is 5. The molecule has 1 aliphatic carbocycles. The predicted octanol–water partition coefficient (Wildman–Crippen LogP) is 4.68. The minimum Gasteiger partial charge on any atom is -0.443 e. The zero-order valence-electron chi connectivity index (χ0n) is 23.1. The van der Waals surface area contributed by atoms with Gasteiger partial charge in [0.25, 0.3) is 0 Å². The first kappa shape index (κ1) is 27.9. The summed E-state index contributed by atoms with van der Waals surface area (Å²) in [6.45, 7) is 9.37. The van der Waals surface area contributed by atoms with Crippen LogP contribution in [0.25, 0.3) is 0 Å². The molecule has 4 heterocycles. The molecular formula is C29H38N2O7S. The van der Waals surface area contributed by atoms with Gasteiger partial charge >= 0.3 is 12.1 Å². The number of nitrogens with zero attached hydrogens (tertiary/aromatic N) is 1. The van der Waals surface area contributed by atoms with Crippen molar-refractivity contribution in [1.29, 1.82) is 0 Å². The maximum atomic E-state index is 13.9. The second-order valence-electron chi connectivity index (χ2n) is 12.0. The van der Waals surface area contributed by atoms with Crippen LogP contribution in [0.1, 0.15) is 80.8 Å². The summed E-state index contributed by atoms with van der Waals surface area (Å²) >= 11 is 1.25. The summed E-state index contributed by atoms with van der Waals surface area (Å²) in [6, 6.07) is 1.83. The molecule has 2 saturated heterocycles. The molecule has 39 heavy (non-hydrogen) atoms. The standard InChI is InChI=1S/C29H38N2O7S/c1-17-5-7-18(8-6-17)25(32)31-21-15-19(9-12-29(2,3)4)39-24(21)26(33)38-23(31)10-13-30-28(34)37-22-16-36-27-20(22)11-14-35-27/h15,17-18,20,22-23,27H,5-8,10-11,13-14,16H2,1-4H3,(H,30,34)/t17?,18?,20-,22-,23-,27+/m0/s1.